The smallest absolute Gasteiger partial charge is 0.338 e. The van der Waals surface area contributed by atoms with Gasteiger partial charge < -0.3 is 14.4 Å². The number of methoxy groups -OCH3 is 1. The molecule has 0 bridgehead atoms. The number of likely N-dealkylation sites (tertiary alicyclic amines) is 1. The van der Waals surface area contributed by atoms with Gasteiger partial charge in [-0.1, -0.05) is 6.07 Å². The van der Waals surface area contributed by atoms with Gasteiger partial charge in [-0.25, -0.2) is 13.2 Å². The maximum Gasteiger partial charge on any atom is 0.338 e. The van der Waals surface area contributed by atoms with E-state index in [0.717, 1.165) is 12.8 Å². The summed E-state index contributed by atoms with van der Waals surface area (Å²) in [6.45, 7) is 3.18. The van der Waals surface area contributed by atoms with Crippen molar-refractivity contribution in [1.82, 2.24) is 4.90 Å². The van der Waals surface area contributed by atoms with Crippen molar-refractivity contribution < 1.29 is 27.5 Å². The zero-order valence-corrected chi connectivity index (χ0v) is 17.7. The number of rotatable bonds is 7. The monoisotopic (exact) mass is 432 g/mol. The van der Waals surface area contributed by atoms with E-state index in [1.807, 2.05) is 0 Å². The zero-order chi connectivity index (χ0) is 21.7. The maximum atomic E-state index is 12.9. The van der Waals surface area contributed by atoms with Crippen molar-refractivity contribution >= 4 is 27.6 Å². The molecule has 0 atom stereocenters. The van der Waals surface area contributed by atoms with Crippen LogP contribution in [0.5, 0.6) is 5.75 Å². The predicted molar refractivity (Wildman–Crippen MR) is 111 cm³/mol. The number of nitrogens with one attached hydrogen (secondary N) is 1. The average Bonchev–Trinajstić information content (AvgIpc) is 3.27. The number of carbonyl (C=O) groups excluding carboxylic acids is 2. The number of benzene rings is 2. The van der Waals surface area contributed by atoms with E-state index in [2.05, 4.69) is 4.72 Å². The van der Waals surface area contributed by atoms with E-state index in [1.54, 1.807) is 17.9 Å². The number of carbonyl (C=O) groups is 2. The SMILES string of the molecule is CCOC(=O)c1cccc(NS(=O)(=O)c2ccc(OC)c(C(=O)N3CCCC3)c2)c1. The van der Waals surface area contributed by atoms with Crippen molar-refractivity contribution in [2.45, 2.75) is 24.7 Å². The summed E-state index contributed by atoms with van der Waals surface area (Å²) in [6.07, 6.45) is 1.84. The molecule has 8 nitrogen and oxygen atoms in total. The van der Waals surface area contributed by atoms with Gasteiger partial charge in [0.2, 0.25) is 0 Å². The molecule has 0 spiro atoms. The molecule has 9 heteroatoms. The van der Waals surface area contributed by atoms with Gasteiger partial charge in [-0.2, -0.15) is 0 Å². The largest absolute Gasteiger partial charge is 0.496 e. The number of hydrogen-bond acceptors (Lipinski definition) is 6. The van der Waals surface area contributed by atoms with E-state index in [9.17, 15) is 18.0 Å². The Balaban J connectivity index is 1.89. The highest BCUT2D eigenvalue weighted by Gasteiger charge is 2.25. The molecule has 0 aliphatic carbocycles. The Hall–Kier alpha value is -3.07. The molecule has 160 valence electrons. The fraction of sp³-hybridized carbons (Fsp3) is 0.333. The summed E-state index contributed by atoms with van der Waals surface area (Å²) in [6, 6.07) is 10.2. The van der Waals surface area contributed by atoms with Gasteiger partial charge in [0.25, 0.3) is 15.9 Å². The minimum absolute atomic E-state index is 0.0765. The molecule has 1 aliphatic rings. The van der Waals surface area contributed by atoms with Crippen LogP contribution in [0.25, 0.3) is 0 Å². The molecule has 1 heterocycles. The molecular formula is C21H24N2O6S. The van der Waals surface area contributed by atoms with Crippen molar-refractivity contribution in [1.29, 1.82) is 0 Å². The highest BCUT2D eigenvalue weighted by Crippen LogP contribution is 2.27. The van der Waals surface area contributed by atoms with Crippen LogP contribution < -0.4 is 9.46 Å². The fourth-order valence-corrected chi connectivity index (χ4v) is 4.33. The Morgan fingerprint density at radius 2 is 1.83 bits per heavy atom. The first-order valence-electron chi connectivity index (χ1n) is 9.63. The van der Waals surface area contributed by atoms with E-state index >= 15 is 0 Å². The van der Waals surface area contributed by atoms with Crippen LogP contribution in [0.15, 0.2) is 47.4 Å². The zero-order valence-electron chi connectivity index (χ0n) is 16.9. The lowest BCUT2D eigenvalue weighted by molar-refractivity contribution is 0.0526. The highest BCUT2D eigenvalue weighted by molar-refractivity contribution is 7.92. The number of esters is 1. The quantitative estimate of drug-likeness (QED) is 0.675. The lowest BCUT2D eigenvalue weighted by Gasteiger charge is -2.18. The Bertz CT molecular complexity index is 1050. The second kappa shape index (κ2) is 9.17. The van der Waals surface area contributed by atoms with Crippen LogP contribution in [-0.2, 0) is 14.8 Å². The molecule has 1 aliphatic heterocycles. The van der Waals surface area contributed by atoms with Crippen molar-refractivity contribution in [3.63, 3.8) is 0 Å². The first-order valence-corrected chi connectivity index (χ1v) is 11.1. The molecule has 1 saturated heterocycles. The average molecular weight is 432 g/mol. The predicted octanol–water partition coefficient (Wildman–Crippen LogP) is 2.91. The van der Waals surface area contributed by atoms with Crippen molar-refractivity contribution in [3.05, 3.63) is 53.6 Å². The van der Waals surface area contributed by atoms with Crippen molar-refractivity contribution in [3.8, 4) is 5.75 Å². The summed E-state index contributed by atoms with van der Waals surface area (Å²) in [5.74, 6) is -0.484. The number of sulfonamides is 1. The lowest BCUT2D eigenvalue weighted by Crippen LogP contribution is -2.28. The van der Waals surface area contributed by atoms with E-state index < -0.39 is 16.0 Å². The van der Waals surface area contributed by atoms with Gasteiger partial charge in [0.15, 0.2) is 0 Å². The molecule has 3 rings (SSSR count). The summed E-state index contributed by atoms with van der Waals surface area (Å²) >= 11 is 0. The molecule has 2 aromatic carbocycles. The standard InChI is InChI=1S/C21H24N2O6S/c1-3-29-21(25)15-7-6-8-16(13-15)22-30(26,27)17-9-10-19(28-2)18(14-17)20(24)23-11-4-5-12-23/h6-10,13-14,22H,3-5,11-12H2,1-2H3. The van der Waals surface area contributed by atoms with Gasteiger partial charge in [-0.05, 0) is 56.2 Å². The molecule has 1 N–H and O–H groups in total. The molecule has 1 fully saturated rings. The van der Waals surface area contributed by atoms with Gasteiger partial charge in [-0.15, -0.1) is 0 Å². The fourth-order valence-electron chi connectivity index (χ4n) is 3.25. The van der Waals surface area contributed by atoms with E-state index in [1.165, 1.54) is 43.5 Å². The molecule has 30 heavy (non-hydrogen) atoms. The first-order chi connectivity index (χ1) is 14.4. The van der Waals surface area contributed by atoms with Crippen LogP contribution in [0.3, 0.4) is 0 Å². The Kier molecular flexibility index (Phi) is 6.61. The maximum absolute atomic E-state index is 12.9. The number of nitrogens with zero attached hydrogens (tertiary/aromatic N) is 1. The van der Waals surface area contributed by atoms with Gasteiger partial charge in [0.05, 0.1) is 29.7 Å². The summed E-state index contributed by atoms with van der Waals surface area (Å²) < 4.78 is 38.5. The number of amides is 1. The molecular weight excluding hydrogens is 408 g/mol. The lowest BCUT2D eigenvalue weighted by atomic mass is 10.1. The van der Waals surface area contributed by atoms with Crippen LogP contribution in [0, 0.1) is 0 Å². The minimum atomic E-state index is -4.00. The molecule has 0 radical (unpaired) electrons. The number of ether oxygens (including phenoxy) is 2. The second-order valence-corrected chi connectivity index (χ2v) is 8.45. The normalized spacial score (nSPS) is 13.7. The summed E-state index contributed by atoms with van der Waals surface area (Å²) in [5.41, 5.74) is 0.642. The van der Waals surface area contributed by atoms with Crippen LogP contribution in [0.2, 0.25) is 0 Å². The van der Waals surface area contributed by atoms with E-state index in [-0.39, 0.29) is 34.2 Å². The molecule has 0 saturated carbocycles. The summed E-state index contributed by atoms with van der Waals surface area (Å²) in [4.78, 5) is 26.3. The highest BCUT2D eigenvalue weighted by atomic mass is 32.2. The molecule has 2 aromatic rings. The number of hydrogen-bond donors (Lipinski definition) is 1. The summed E-state index contributed by atoms with van der Waals surface area (Å²) in [5, 5.41) is 0. The van der Waals surface area contributed by atoms with Crippen molar-refractivity contribution in [2.24, 2.45) is 0 Å². The van der Waals surface area contributed by atoms with Gasteiger partial charge in [0, 0.05) is 18.8 Å². The Morgan fingerprint density at radius 3 is 2.50 bits per heavy atom. The molecule has 0 aromatic heterocycles. The van der Waals surface area contributed by atoms with Gasteiger partial charge >= 0.3 is 5.97 Å². The second-order valence-electron chi connectivity index (χ2n) is 6.77. The minimum Gasteiger partial charge on any atom is -0.496 e. The van der Waals surface area contributed by atoms with Crippen molar-refractivity contribution in [2.75, 3.05) is 31.5 Å². The van der Waals surface area contributed by atoms with Crippen LogP contribution in [-0.4, -0.2) is 52.0 Å². The third kappa shape index (κ3) is 4.73. The van der Waals surface area contributed by atoms with Crippen LogP contribution in [0.4, 0.5) is 5.69 Å². The molecule has 0 unspecified atom stereocenters. The van der Waals surface area contributed by atoms with Gasteiger partial charge in [-0.3, -0.25) is 9.52 Å². The van der Waals surface area contributed by atoms with Gasteiger partial charge in [0.1, 0.15) is 5.75 Å². The van der Waals surface area contributed by atoms with E-state index in [0.29, 0.717) is 18.8 Å². The van der Waals surface area contributed by atoms with Crippen LogP contribution >= 0.6 is 0 Å². The Labute approximate surface area is 175 Å². The topological polar surface area (TPSA) is 102 Å². The molecule has 1 amide bonds. The van der Waals surface area contributed by atoms with Crippen LogP contribution in [0.1, 0.15) is 40.5 Å². The summed E-state index contributed by atoms with van der Waals surface area (Å²) in [7, 11) is -2.57. The Morgan fingerprint density at radius 1 is 1.10 bits per heavy atom. The third-order valence-electron chi connectivity index (χ3n) is 4.73. The van der Waals surface area contributed by atoms with E-state index in [4.69, 9.17) is 9.47 Å². The number of anilines is 1. The third-order valence-corrected chi connectivity index (χ3v) is 6.11. The first kappa shape index (κ1) is 21.6.